The minimum absolute atomic E-state index is 0.0846. The van der Waals surface area contributed by atoms with E-state index in [1.165, 1.54) is 11.1 Å². The van der Waals surface area contributed by atoms with E-state index in [9.17, 15) is 0 Å². The van der Waals surface area contributed by atoms with Crippen molar-refractivity contribution >= 4 is 0 Å². The summed E-state index contributed by atoms with van der Waals surface area (Å²) in [6.45, 7) is 1.02. The van der Waals surface area contributed by atoms with Crippen LogP contribution in [0, 0.1) is 0 Å². The lowest BCUT2D eigenvalue weighted by Crippen LogP contribution is -2.38. The molecule has 76 valence electrons. The van der Waals surface area contributed by atoms with Crippen LogP contribution in [0.1, 0.15) is 16.7 Å². The molecule has 0 amide bonds. The molecule has 0 fully saturated rings. The van der Waals surface area contributed by atoms with Crippen LogP contribution < -0.4 is 5.32 Å². The lowest BCUT2D eigenvalue weighted by Gasteiger charge is -2.26. The number of hydrogen-bond acceptors (Lipinski definition) is 3. The predicted octanol–water partition coefficient (Wildman–Crippen LogP) is 0.186. The monoisotopic (exact) mass is 193 g/mol. The first-order chi connectivity index (χ1) is 6.85. The maximum Gasteiger partial charge on any atom is 0.0684 e. The highest BCUT2D eigenvalue weighted by molar-refractivity contribution is 5.37. The molecule has 1 aromatic rings. The van der Waals surface area contributed by atoms with E-state index in [4.69, 9.17) is 10.2 Å². The van der Waals surface area contributed by atoms with Crippen LogP contribution in [0.5, 0.6) is 0 Å². The molecule has 0 bridgehead atoms. The van der Waals surface area contributed by atoms with Crippen molar-refractivity contribution in [2.24, 2.45) is 0 Å². The molecule has 0 unspecified atom stereocenters. The van der Waals surface area contributed by atoms with Gasteiger partial charge in [0.15, 0.2) is 0 Å². The summed E-state index contributed by atoms with van der Waals surface area (Å²) in [6.07, 6.45) is 0.808. The summed E-state index contributed by atoms with van der Waals surface area (Å²) in [5.41, 5.74) is 3.43. The molecule has 0 saturated heterocycles. The Hall–Kier alpha value is -0.900. The maximum atomic E-state index is 9.17. The number of nitrogens with one attached hydrogen (secondary N) is 1. The van der Waals surface area contributed by atoms with E-state index < -0.39 is 0 Å². The van der Waals surface area contributed by atoms with Crippen molar-refractivity contribution in [1.82, 2.24) is 5.32 Å². The molecule has 0 aliphatic carbocycles. The van der Waals surface area contributed by atoms with Crippen LogP contribution in [0.2, 0.25) is 0 Å². The van der Waals surface area contributed by atoms with Gasteiger partial charge in [-0.15, -0.1) is 0 Å². The van der Waals surface area contributed by atoms with Gasteiger partial charge in [0.05, 0.1) is 13.2 Å². The van der Waals surface area contributed by atoms with Gasteiger partial charge >= 0.3 is 0 Å². The van der Waals surface area contributed by atoms with Gasteiger partial charge in [0, 0.05) is 12.6 Å². The number of aliphatic hydroxyl groups is 2. The summed E-state index contributed by atoms with van der Waals surface area (Å²) < 4.78 is 0. The van der Waals surface area contributed by atoms with Gasteiger partial charge < -0.3 is 15.5 Å². The zero-order valence-corrected chi connectivity index (χ0v) is 8.03. The molecule has 3 nitrogen and oxygen atoms in total. The molecule has 1 heterocycles. The minimum Gasteiger partial charge on any atom is -0.395 e. The molecular formula is C11H15NO2. The normalized spacial score (nSPS) is 20.6. The van der Waals surface area contributed by atoms with Gasteiger partial charge in [-0.1, -0.05) is 18.2 Å². The van der Waals surface area contributed by atoms with E-state index in [-0.39, 0.29) is 19.3 Å². The Kier molecular flexibility index (Phi) is 2.82. The zero-order chi connectivity index (χ0) is 9.97. The Labute approximate surface area is 83.4 Å². The molecular weight excluding hydrogens is 178 g/mol. The highest BCUT2D eigenvalue weighted by Gasteiger charge is 2.18. The quantitative estimate of drug-likeness (QED) is 0.628. The molecule has 1 atom stereocenters. The Balaban J connectivity index is 2.33. The summed E-state index contributed by atoms with van der Waals surface area (Å²) in [5.74, 6) is 0. The van der Waals surface area contributed by atoms with E-state index in [0.717, 1.165) is 18.5 Å². The third-order valence-corrected chi connectivity index (χ3v) is 2.79. The van der Waals surface area contributed by atoms with Gasteiger partial charge in [-0.2, -0.15) is 0 Å². The third-order valence-electron chi connectivity index (χ3n) is 2.79. The Bertz CT molecular complexity index is 311. The SMILES string of the molecule is OCc1cccc2c1C[C@H](CO)NC2. The van der Waals surface area contributed by atoms with Crippen LogP contribution in [0.25, 0.3) is 0 Å². The highest BCUT2D eigenvalue weighted by Crippen LogP contribution is 2.20. The molecule has 14 heavy (non-hydrogen) atoms. The topological polar surface area (TPSA) is 52.5 Å². The third kappa shape index (κ3) is 1.66. The number of benzene rings is 1. The van der Waals surface area contributed by atoms with Gasteiger partial charge in [-0.25, -0.2) is 0 Å². The van der Waals surface area contributed by atoms with Crippen molar-refractivity contribution in [3.05, 3.63) is 34.9 Å². The van der Waals surface area contributed by atoms with Crippen molar-refractivity contribution < 1.29 is 10.2 Å². The standard InChI is InChI=1S/C11H15NO2/c13-6-9-3-1-2-8-5-12-10(7-14)4-11(8)9/h1-3,10,12-14H,4-7H2/t10-/m1/s1. The summed E-state index contributed by atoms with van der Waals surface area (Å²) in [7, 11) is 0. The average molecular weight is 193 g/mol. The first-order valence-corrected chi connectivity index (χ1v) is 4.90. The fraction of sp³-hybridized carbons (Fsp3) is 0.455. The molecule has 1 aromatic carbocycles. The number of fused-ring (bicyclic) bond motifs is 1. The second-order valence-corrected chi connectivity index (χ2v) is 3.68. The van der Waals surface area contributed by atoms with E-state index in [1.54, 1.807) is 0 Å². The highest BCUT2D eigenvalue weighted by atomic mass is 16.3. The van der Waals surface area contributed by atoms with E-state index in [2.05, 4.69) is 11.4 Å². The number of hydrogen-bond donors (Lipinski definition) is 3. The maximum absolute atomic E-state index is 9.17. The molecule has 0 aromatic heterocycles. The largest absolute Gasteiger partial charge is 0.395 e. The van der Waals surface area contributed by atoms with Crippen LogP contribution in [0.3, 0.4) is 0 Å². The Morgan fingerprint density at radius 1 is 1.36 bits per heavy atom. The van der Waals surface area contributed by atoms with E-state index >= 15 is 0 Å². The van der Waals surface area contributed by atoms with Crippen molar-refractivity contribution in [2.75, 3.05) is 6.61 Å². The van der Waals surface area contributed by atoms with Crippen LogP contribution in [-0.2, 0) is 19.6 Å². The molecule has 0 spiro atoms. The molecule has 1 aliphatic rings. The van der Waals surface area contributed by atoms with E-state index in [1.807, 2.05) is 12.1 Å². The first kappa shape index (κ1) is 9.65. The molecule has 3 N–H and O–H groups in total. The van der Waals surface area contributed by atoms with Gasteiger partial charge in [0.2, 0.25) is 0 Å². The lowest BCUT2D eigenvalue weighted by atomic mass is 9.92. The van der Waals surface area contributed by atoms with Crippen LogP contribution in [0.15, 0.2) is 18.2 Å². The molecule has 1 aliphatic heterocycles. The summed E-state index contributed by atoms with van der Waals surface area (Å²) >= 11 is 0. The van der Waals surface area contributed by atoms with Crippen molar-refractivity contribution in [3.8, 4) is 0 Å². The Morgan fingerprint density at radius 2 is 2.21 bits per heavy atom. The Morgan fingerprint density at radius 3 is 2.93 bits per heavy atom. The molecule has 0 radical (unpaired) electrons. The van der Waals surface area contributed by atoms with Crippen molar-refractivity contribution in [1.29, 1.82) is 0 Å². The summed E-state index contributed by atoms with van der Waals surface area (Å²) in [5, 5.41) is 21.5. The summed E-state index contributed by atoms with van der Waals surface area (Å²) in [6, 6.07) is 6.11. The fourth-order valence-electron chi connectivity index (χ4n) is 1.97. The fourth-order valence-corrected chi connectivity index (χ4v) is 1.97. The van der Waals surface area contributed by atoms with Gasteiger partial charge in [0.25, 0.3) is 0 Å². The van der Waals surface area contributed by atoms with Gasteiger partial charge in [-0.3, -0.25) is 0 Å². The van der Waals surface area contributed by atoms with Crippen LogP contribution >= 0.6 is 0 Å². The van der Waals surface area contributed by atoms with Gasteiger partial charge in [0.1, 0.15) is 0 Å². The van der Waals surface area contributed by atoms with Crippen molar-refractivity contribution in [3.63, 3.8) is 0 Å². The van der Waals surface area contributed by atoms with Crippen LogP contribution in [-0.4, -0.2) is 22.9 Å². The smallest absolute Gasteiger partial charge is 0.0684 e. The predicted molar refractivity (Wildman–Crippen MR) is 53.8 cm³/mol. The van der Waals surface area contributed by atoms with Gasteiger partial charge in [-0.05, 0) is 23.1 Å². The molecule has 0 saturated carbocycles. The van der Waals surface area contributed by atoms with E-state index in [0.29, 0.717) is 0 Å². The minimum atomic E-state index is 0.0846. The average Bonchev–Trinajstić information content (AvgIpc) is 2.27. The van der Waals surface area contributed by atoms with Crippen LogP contribution in [0.4, 0.5) is 0 Å². The molecule has 3 heteroatoms. The second kappa shape index (κ2) is 4.09. The summed E-state index contributed by atoms with van der Waals surface area (Å²) in [4.78, 5) is 0. The second-order valence-electron chi connectivity index (χ2n) is 3.68. The molecule has 2 rings (SSSR count). The van der Waals surface area contributed by atoms with Crippen molar-refractivity contribution in [2.45, 2.75) is 25.6 Å². The number of aliphatic hydroxyl groups excluding tert-OH is 2. The zero-order valence-electron chi connectivity index (χ0n) is 8.03. The number of rotatable bonds is 2. The first-order valence-electron chi connectivity index (χ1n) is 4.90. The lowest BCUT2D eigenvalue weighted by molar-refractivity contribution is 0.233.